The minimum Gasteiger partial charge on any atom is -0.385 e. The van der Waals surface area contributed by atoms with Crippen LogP contribution in [0.25, 0.3) is 22.3 Å². The van der Waals surface area contributed by atoms with Crippen molar-refractivity contribution in [3.05, 3.63) is 80.8 Å². The highest BCUT2D eigenvalue weighted by Gasteiger charge is 2.16. The zero-order chi connectivity index (χ0) is 21.1. The van der Waals surface area contributed by atoms with Gasteiger partial charge in [-0.15, -0.1) is 0 Å². The molecule has 0 fully saturated rings. The Bertz CT molecular complexity index is 1300. The van der Waals surface area contributed by atoms with Crippen molar-refractivity contribution in [2.75, 3.05) is 13.7 Å². The molecule has 2 heterocycles. The van der Waals surface area contributed by atoms with Crippen molar-refractivity contribution in [1.29, 1.82) is 0 Å². The Hall–Kier alpha value is -3.52. The molecule has 0 unspecified atom stereocenters. The van der Waals surface area contributed by atoms with Gasteiger partial charge >= 0.3 is 5.69 Å². The Morgan fingerprint density at radius 2 is 1.80 bits per heavy atom. The van der Waals surface area contributed by atoms with E-state index in [1.54, 1.807) is 31.4 Å². The lowest BCUT2D eigenvalue weighted by Gasteiger charge is -2.12. The first-order valence-electron chi connectivity index (χ1n) is 9.70. The van der Waals surface area contributed by atoms with E-state index in [1.807, 2.05) is 31.2 Å². The highest BCUT2D eigenvalue weighted by molar-refractivity contribution is 5.77. The molecule has 0 aliphatic rings. The fraction of sp³-hybridized carbons (Fsp3) is 0.273. The van der Waals surface area contributed by atoms with E-state index in [-0.39, 0.29) is 18.6 Å². The van der Waals surface area contributed by atoms with Crippen molar-refractivity contribution in [2.24, 2.45) is 0 Å². The Morgan fingerprint density at radius 1 is 1.03 bits per heavy atom. The van der Waals surface area contributed by atoms with Crippen LogP contribution in [-0.2, 0) is 17.8 Å². The van der Waals surface area contributed by atoms with Gasteiger partial charge in [0, 0.05) is 25.8 Å². The van der Waals surface area contributed by atoms with E-state index in [0.717, 1.165) is 11.1 Å². The van der Waals surface area contributed by atoms with Crippen molar-refractivity contribution < 1.29 is 9.26 Å². The minimum absolute atomic E-state index is 0.0722. The number of aryl methyl sites for hydroxylation is 1. The smallest absolute Gasteiger partial charge is 0.331 e. The number of aromatic nitrogens is 4. The molecule has 0 amide bonds. The quantitative estimate of drug-likeness (QED) is 0.438. The van der Waals surface area contributed by atoms with E-state index < -0.39 is 5.69 Å². The molecule has 2 aromatic carbocycles. The van der Waals surface area contributed by atoms with Gasteiger partial charge in [0.1, 0.15) is 6.54 Å². The average Bonchev–Trinajstić information content (AvgIpc) is 3.22. The number of methoxy groups -OCH3 is 1. The molecule has 0 N–H and O–H groups in total. The zero-order valence-corrected chi connectivity index (χ0v) is 16.9. The molecule has 0 spiro atoms. The van der Waals surface area contributed by atoms with Gasteiger partial charge in [-0.05, 0) is 31.0 Å². The maximum atomic E-state index is 13.1. The second-order valence-electron chi connectivity index (χ2n) is 7.02. The maximum absolute atomic E-state index is 13.1. The number of hydrogen-bond acceptors (Lipinski definition) is 6. The lowest BCUT2D eigenvalue weighted by molar-refractivity contribution is 0.189. The molecule has 0 bridgehead atoms. The lowest BCUT2D eigenvalue weighted by atomic mass is 10.1. The van der Waals surface area contributed by atoms with E-state index in [9.17, 15) is 9.59 Å². The number of fused-ring (bicyclic) bond motifs is 1. The topological polar surface area (TPSA) is 92.2 Å². The van der Waals surface area contributed by atoms with Gasteiger partial charge in [-0.2, -0.15) is 4.98 Å². The van der Waals surface area contributed by atoms with Gasteiger partial charge in [-0.25, -0.2) is 4.79 Å². The van der Waals surface area contributed by atoms with Gasteiger partial charge in [-0.1, -0.05) is 41.6 Å². The van der Waals surface area contributed by atoms with Crippen LogP contribution in [0.5, 0.6) is 0 Å². The zero-order valence-electron chi connectivity index (χ0n) is 16.9. The largest absolute Gasteiger partial charge is 0.385 e. The Kier molecular flexibility index (Phi) is 5.58. The second kappa shape index (κ2) is 8.46. The average molecular weight is 406 g/mol. The van der Waals surface area contributed by atoms with E-state index in [4.69, 9.17) is 9.26 Å². The normalized spacial score (nSPS) is 11.3. The fourth-order valence-electron chi connectivity index (χ4n) is 3.48. The molecule has 0 aliphatic heterocycles. The molecule has 4 rings (SSSR count). The van der Waals surface area contributed by atoms with Crippen LogP contribution in [0, 0.1) is 6.92 Å². The predicted molar refractivity (Wildman–Crippen MR) is 113 cm³/mol. The Balaban J connectivity index is 1.77. The van der Waals surface area contributed by atoms with Crippen LogP contribution in [0.1, 0.15) is 17.9 Å². The summed E-state index contributed by atoms with van der Waals surface area (Å²) >= 11 is 0. The second-order valence-corrected chi connectivity index (χ2v) is 7.02. The first-order valence-corrected chi connectivity index (χ1v) is 9.70. The van der Waals surface area contributed by atoms with E-state index in [1.165, 1.54) is 9.13 Å². The molecule has 8 heteroatoms. The summed E-state index contributed by atoms with van der Waals surface area (Å²) in [7, 11) is 1.59. The van der Waals surface area contributed by atoms with Crippen LogP contribution in [0.4, 0.5) is 0 Å². The van der Waals surface area contributed by atoms with Gasteiger partial charge in [0.25, 0.3) is 5.56 Å². The van der Waals surface area contributed by atoms with Crippen molar-refractivity contribution in [2.45, 2.75) is 26.4 Å². The third-order valence-corrected chi connectivity index (χ3v) is 5.01. The summed E-state index contributed by atoms with van der Waals surface area (Å²) in [5.74, 6) is 0.761. The Labute approximate surface area is 172 Å². The highest BCUT2D eigenvalue weighted by Crippen LogP contribution is 2.20. The number of para-hydroxylation sites is 1. The SMILES string of the molecule is COCCCn1c(=O)c2ccccc2n(Cc2nc(-c3ccccc3C)no2)c1=O. The van der Waals surface area contributed by atoms with Crippen LogP contribution in [-0.4, -0.2) is 33.0 Å². The van der Waals surface area contributed by atoms with E-state index in [0.29, 0.717) is 35.6 Å². The summed E-state index contributed by atoms with van der Waals surface area (Å²) in [6, 6.07) is 14.8. The van der Waals surface area contributed by atoms with Crippen LogP contribution in [0.2, 0.25) is 0 Å². The summed E-state index contributed by atoms with van der Waals surface area (Å²) in [4.78, 5) is 30.4. The summed E-state index contributed by atoms with van der Waals surface area (Å²) < 4.78 is 13.2. The molecule has 8 nitrogen and oxygen atoms in total. The monoisotopic (exact) mass is 406 g/mol. The first kappa shape index (κ1) is 19.8. The number of ether oxygens (including phenoxy) is 1. The molecule has 30 heavy (non-hydrogen) atoms. The third kappa shape index (κ3) is 3.69. The minimum atomic E-state index is -0.412. The van der Waals surface area contributed by atoms with Crippen molar-refractivity contribution in [3.8, 4) is 11.4 Å². The first-order chi connectivity index (χ1) is 14.6. The van der Waals surface area contributed by atoms with Crippen LogP contribution in [0.15, 0.2) is 62.6 Å². The van der Waals surface area contributed by atoms with Crippen molar-refractivity contribution in [1.82, 2.24) is 19.3 Å². The Morgan fingerprint density at radius 3 is 2.60 bits per heavy atom. The summed E-state index contributed by atoms with van der Waals surface area (Å²) in [5, 5.41) is 4.53. The van der Waals surface area contributed by atoms with Crippen LogP contribution in [0.3, 0.4) is 0 Å². The van der Waals surface area contributed by atoms with Crippen LogP contribution >= 0.6 is 0 Å². The molecule has 0 saturated heterocycles. The molecule has 0 aliphatic carbocycles. The van der Waals surface area contributed by atoms with Gasteiger partial charge < -0.3 is 9.26 Å². The lowest BCUT2D eigenvalue weighted by Crippen LogP contribution is -2.40. The number of rotatable bonds is 7. The molecule has 154 valence electrons. The molecule has 4 aromatic rings. The maximum Gasteiger partial charge on any atom is 0.331 e. The van der Waals surface area contributed by atoms with Crippen molar-refractivity contribution in [3.63, 3.8) is 0 Å². The molecular weight excluding hydrogens is 384 g/mol. The standard InChI is InChI=1S/C22H22N4O4/c1-15-8-3-4-9-16(15)20-23-19(30-24-20)14-26-18-11-6-5-10-17(18)21(27)25(22(26)28)12-7-13-29-2/h3-6,8-11H,7,12-14H2,1-2H3. The van der Waals surface area contributed by atoms with Crippen molar-refractivity contribution >= 4 is 10.9 Å². The fourth-order valence-corrected chi connectivity index (χ4v) is 3.48. The van der Waals surface area contributed by atoms with Gasteiger partial charge in [0.05, 0.1) is 10.9 Å². The van der Waals surface area contributed by atoms with Gasteiger partial charge in [0.2, 0.25) is 11.7 Å². The third-order valence-electron chi connectivity index (χ3n) is 5.01. The van der Waals surface area contributed by atoms with E-state index in [2.05, 4.69) is 10.1 Å². The summed E-state index contributed by atoms with van der Waals surface area (Å²) in [6.07, 6.45) is 0.558. The number of nitrogens with zero attached hydrogens (tertiary/aromatic N) is 4. The predicted octanol–water partition coefficient (Wildman–Crippen LogP) is 2.61. The number of benzene rings is 2. The van der Waals surface area contributed by atoms with E-state index >= 15 is 0 Å². The molecule has 2 aromatic heterocycles. The van der Waals surface area contributed by atoms with Gasteiger partial charge in [-0.3, -0.25) is 13.9 Å². The van der Waals surface area contributed by atoms with Crippen LogP contribution < -0.4 is 11.2 Å². The highest BCUT2D eigenvalue weighted by atomic mass is 16.5. The molecular formula is C22H22N4O4. The summed E-state index contributed by atoms with van der Waals surface area (Å²) in [6.45, 7) is 2.78. The number of hydrogen-bond donors (Lipinski definition) is 0. The molecule has 0 saturated carbocycles. The van der Waals surface area contributed by atoms with Gasteiger partial charge in [0.15, 0.2) is 0 Å². The summed E-state index contributed by atoms with van der Waals surface area (Å²) in [5.41, 5.74) is 1.71. The molecule has 0 atom stereocenters. The molecule has 0 radical (unpaired) electrons.